The minimum absolute atomic E-state index is 0.00600. The number of hydrogen-bond donors (Lipinski definition) is 13. The Balaban J connectivity index is 0.629. The van der Waals surface area contributed by atoms with Gasteiger partial charge in [0.25, 0.3) is 70.9 Å². The van der Waals surface area contributed by atoms with Crippen LogP contribution in [0.2, 0.25) is 0 Å². The Bertz CT molecular complexity index is 5350. The van der Waals surface area contributed by atoms with Crippen molar-refractivity contribution in [3.63, 3.8) is 0 Å². The number of imide groups is 6. The molecule has 0 unspecified atom stereocenters. The van der Waals surface area contributed by atoms with Crippen LogP contribution in [0.3, 0.4) is 0 Å². The lowest BCUT2D eigenvalue weighted by Crippen LogP contribution is -2.69. The molecule has 43 nitrogen and oxygen atoms in total. The molecule has 716 valence electrons. The van der Waals surface area contributed by atoms with Crippen LogP contribution < -0.4 is 0 Å². The van der Waals surface area contributed by atoms with Crippen LogP contribution in [-0.4, -0.2) is 397 Å². The number of unbranched alkanes of at least 4 members (excludes halogenated alkanes) is 5. The van der Waals surface area contributed by atoms with Crippen molar-refractivity contribution in [1.82, 2.24) is 29.4 Å². The Morgan fingerprint density at radius 1 is 0.222 bits per heavy atom. The normalized spacial score (nSPS) is 35.1. The average molecular weight is 1880 g/mol. The summed E-state index contributed by atoms with van der Waals surface area (Å²) in [5, 5.41) is 157. The van der Waals surface area contributed by atoms with Gasteiger partial charge in [0.2, 0.25) is 0 Å². The van der Waals surface area contributed by atoms with Gasteiger partial charge in [-0.05, 0) is 79.2 Å². The van der Waals surface area contributed by atoms with Gasteiger partial charge in [-0.25, -0.2) is 0 Å². The van der Waals surface area contributed by atoms with Crippen LogP contribution in [0.4, 0.5) is 0 Å². The third-order valence-corrected chi connectivity index (χ3v) is 26.8. The number of hydrogen-bond acceptors (Lipinski definition) is 37. The molecule has 12 aliphatic rings. The lowest BCUT2D eigenvalue weighted by atomic mass is 9.94. The molecular weight excluding hydrogens is 1780 g/mol. The summed E-state index contributed by atoms with van der Waals surface area (Å²) in [5.41, 5.74) is -1.73. The maximum Gasteiger partial charge on any atom is 0.262 e. The SMILES string of the molecule is CCCCCCCCO[C@@H]1O[C@H](CO[C@@H]2O[C@H](CO[C@@H]3O[C@H](CO[C@@H]4O[C@H](CO[C@@H]5O[C@H](CO[C@@H]6O[C@H](CO)[C@@H](O)[C@H](O)[C@H]6N6C(=O)c7ccccc7C6=O)[C@@H](O)[C@H](O)[C@H]5N5C(=O)c6ccccc6C5=O)[C@@H](O)[C@H](O)[C@H]4N4C(=O)c5ccccc5C4=O)[C@@H](O)[C@H](O)[C@H]3N3C(=O)c4ccccc4C3=O)[C@@H](O)[C@H](O)[C@H]2N2C(=O)c3ccccc3C2=O)[C@@H](O)[C@H](O)[C@H]1N1C(=O)c2ccccc2C1=O. The van der Waals surface area contributed by atoms with Gasteiger partial charge in [-0.15, -0.1) is 0 Å². The number of nitrogens with zero attached hydrogens (tertiary/aromatic N) is 6. The fourth-order valence-electron chi connectivity index (χ4n) is 19.7. The molecule has 6 aromatic rings. The predicted molar refractivity (Wildman–Crippen MR) is 445 cm³/mol. The first-order chi connectivity index (χ1) is 65.0. The molecule has 12 amide bonds. The molecule has 0 aliphatic carbocycles. The second-order valence-corrected chi connectivity index (χ2v) is 34.7. The molecule has 6 saturated heterocycles. The van der Waals surface area contributed by atoms with E-state index in [1.54, 1.807) is 0 Å². The van der Waals surface area contributed by atoms with Crippen LogP contribution in [0.15, 0.2) is 146 Å². The Morgan fingerprint density at radius 2 is 0.378 bits per heavy atom. The second kappa shape index (κ2) is 38.6. The maximum absolute atomic E-state index is 14.6. The quantitative estimate of drug-likeness (QED) is 0.0159. The molecule has 12 aliphatic heterocycles. The molecule has 6 aromatic carbocycles. The van der Waals surface area contributed by atoms with E-state index in [0.29, 0.717) is 37.3 Å². The summed E-state index contributed by atoms with van der Waals surface area (Å²) < 4.78 is 75.5. The summed E-state index contributed by atoms with van der Waals surface area (Å²) in [4.78, 5) is 176. The van der Waals surface area contributed by atoms with Gasteiger partial charge in [-0.1, -0.05) is 112 Å². The van der Waals surface area contributed by atoms with E-state index in [-0.39, 0.29) is 73.4 Å². The number of fused-ring (bicyclic) bond motifs is 6. The van der Waals surface area contributed by atoms with Gasteiger partial charge in [0.1, 0.15) is 146 Å². The molecule has 6 fully saturated rings. The zero-order chi connectivity index (χ0) is 95.3. The van der Waals surface area contributed by atoms with Crippen molar-refractivity contribution in [2.45, 2.75) is 229 Å². The number of carbonyl (C=O) groups excluding carboxylic acids is 12. The average Bonchev–Trinajstić information content (AvgIpc) is 1.63. The lowest BCUT2D eigenvalue weighted by molar-refractivity contribution is -0.334. The van der Waals surface area contributed by atoms with E-state index in [9.17, 15) is 124 Å². The third-order valence-electron chi connectivity index (χ3n) is 26.8. The number of benzene rings is 6. The van der Waals surface area contributed by atoms with E-state index >= 15 is 0 Å². The topological polar surface area (TPSA) is 598 Å². The summed E-state index contributed by atoms with van der Waals surface area (Å²) in [5.74, 6) is -12.0. The summed E-state index contributed by atoms with van der Waals surface area (Å²) >= 11 is 0. The van der Waals surface area contributed by atoms with E-state index in [2.05, 4.69) is 6.92 Å². The Kier molecular flexibility index (Phi) is 27.0. The molecular formula is C92H96N6O37. The molecule has 0 saturated carbocycles. The first kappa shape index (κ1) is 94.5. The van der Waals surface area contributed by atoms with Gasteiger partial charge in [0.05, 0.1) is 106 Å². The standard InChI is InChI=1S/C92H96N6O37/c1-2-3-4-5-6-19-32-124-87-57(93-75(112)39-20-7-8-21-40(39)76(93)113)70(107)64(101)52(131-87)34-126-89-59(95-79(116)43-24-11-12-25-44(43)80(95)117)72(109)66(103)54(133-89)36-128-91-61(97-83(120)47-28-15-16-29-48(47)84(97)121)74(111)68(105)56(135-91)38-129-92-62(98-85(122)49-30-17-18-31-50(49)86(98)123)73(110)67(104)55(134-92)37-127-90-60(96-81(118)45-26-13-14-27-46(45)82(96)119)71(108)65(102)53(132-90)35-125-88-58(69(106)63(100)51(33-99)130-88)94-77(114)41-22-9-10-23-42(41)78(94)115/h7-18,20-31,51-74,87-92,99-111H,2-6,19,32-38H2,1H3/t51-,52-,53-,54-,55-,56-,57-,58-,59-,60-,61-,62-,63-,64-,65-,66-,67-,68-,69-,70-,71-,72-,73-,74-,87-,88-,89-,90-,91-,92-/m1/s1. The number of amides is 12. The Morgan fingerprint density at radius 3 is 0.556 bits per heavy atom. The first-order valence-corrected chi connectivity index (χ1v) is 44.2. The number of ether oxygens (including phenoxy) is 12. The second-order valence-electron chi connectivity index (χ2n) is 34.7. The molecule has 13 N–H and O–H groups in total. The van der Waals surface area contributed by atoms with Gasteiger partial charge in [-0.2, -0.15) is 0 Å². The predicted octanol–water partition coefficient (Wildman–Crippen LogP) is -2.89. The molecule has 0 radical (unpaired) electrons. The van der Waals surface area contributed by atoms with Crippen LogP contribution in [0.25, 0.3) is 0 Å². The van der Waals surface area contributed by atoms with E-state index in [4.69, 9.17) is 56.8 Å². The van der Waals surface area contributed by atoms with Gasteiger partial charge in [0.15, 0.2) is 37.7 Å². The number of aliphatic hydroxyl groups is 13. The summed E-state index contributed by atoms with van der Waals surface area (Å²) in [7, 11) is 0. The summed E-state index contributed by atoms with van der Waals surface area (Å²) in [6.45, 7) is -4.23. The van der Waals surface area contributed by atoms with E-state index in [1.807, 2.05) is 0 Å². The zero-order valence-corrected chi connectivity index (χ0v) is 71.7. The van der Waals surface area contributed by atoms with Crippen LogP contribution >= 0.6 is 0 Å². The summed E-state index contributed by atoms with van der Waals surface area (Å²) in [6, 6.07) is 21.1. The highest BCUT2D eigenvalue weighted by molar-refractivity contribution is 6.25. The molecule has 30 atom stereocenters. The minimum Gasteiger partial charge on any atom is -0.394 e. The van der Waals surface area contributed by atoms with Crippen LogP contribution in [-0.2, 0) is 56.8 Å². The van der Waals surface area contributed by atoms with Gasteiger partial charge in [-0.3, -0.25) is 86.9 Å². The highest BCUT2D eigenvalue weighted by atomic mass is 16.8. The van der Waals surface area contributed by atoms with Gasteiger partial charge < -0.3 is 123 Å². The molecule has 0 aromatic heterocycles. The molecule has 0 bridgehead atoms. The van der Waals surface area contributed by atoms with Gasteiger partial charge in [0, 0.05) is 6.61 Å². The Labute approximate surface area is 765 Å². The van der Waals surface area contributed by atoms with Crippen molar-refractivity contribution in [2.24, 2.45) is 0 Å². The van der Waals surface area contributed by atoms with Crippen molar-refractivity contribution in [2.75, 3.05) is 46.2 Å². The smallest absolute Gasteiger partial charge is 0.262 e. The minimum atomic E-state index is -2.39. The largest absolute Gasteiger partial charge is 0.394 e. The fraction of sp³-hybridized carbons (Fsp3) is 0.478. The van der Waals surface area contributed by atoms with Crippen molar-refractivity contribution in [3.8, 4) is 0 Å². The first-order valence-electron chi connectivity index (χ1n) is 44.2. The number of rotatable bonds is 30. The Hall–Kier alpha value is -10.8. The molecule has 43 heteroatoms. The monoisotopic (exact) mass is 1880 g/mol. The van der Waals surface area contributed by atoms with Crippen molar-refractivity contribution in [3.05, 3.63) is 212 Å². The molecule has 12 heterocycles. The molecule has 135 heavy (non-hydrogen) atoms. The summed E-state index contributed by atoms with van der Waals surface area (Å²) in [6.07, 6.45) is -45.8. The fourth-order valence-corrected chi connectivity index (χ4v) is 19.7. The van der Waals surface area contributed by atoms with Crippen molar-refractivity contribution < 1.29 is 181 Å². The highest BCUT2D eigenvalue weighted by Crippen LogP contribution is 2.44. The van der Waals surface area contributed by atoms with E-state index in [1.165, 1.54) is 146 Å². The van der Waals surface area contributed by atoms with Crippen LogP contribution in [0.1, 0.15) is 170 Å². The number of aliphatic hydroxyl groups excluding tert-OH is 13. The number of carbonyl (C=O) groups is 12. The zero-order valence-electron chi connectivity index (χ0n) is 71.7. The van der Waals surface area contributed by atoms with Crippen LogP contribution in [0.5, 0.6) is 0 Å². The van der Waals surface area contributed by atoms with Crippen molar-refractivity contribution >= 4 is 70.9 Å². The van der Waals surface area contributed by atoms with Gasteiger partial charge >= 0.3 is 0 Å². The third kappa shape index (κ3) is 16.5. The molecule has 0 spiro atoms. The molecule has 18 rings (SSSR count). The van der Waals surface area contributed by atoms with E-state index in [0.717, 1.165) is 30.6 Å². The lowest BCUT2D eigenvalue weighted by Gasteiger charge is -2.49. The highest BCUT2D eigenvalue weighted by Gasteiger charge is 2.63. The van der Waals surface area contributed by atoms with Crippen LogP contribution in [0, 0.1) is 0 Å². The van der Waals surface area contributed by atoms with Crippen molar-refractivity contribution in [1.29, 1.82) is 0 Å². The van der Waals surface area contributed by atoms with E-state index < -0.39 is 294 Å². The maximum atomic E-state index is 14.6.